The van der Waals surface area contributed by atoms with E-state index in [-0.39, 0.29) is 0 Å². The first-order valence-corrected chi connectivity index (χ1v) is 9.26. The van der Waals surface area contributed by atoms with Crippen molar-refractivity contribution in [2.24, 2.45) is 0 Å². The van der Waals surface area contributed by atoms with Crippen molar-refractivity contribution < 1.29 is 4.74 Å². The second kappa shape index (κ2) is 7.82. The summed E-state index contributed by atoms with van der Waals surface area (Å²) in [6.07, 6.45) is 2.24. The van der Waals surface area contributed by atoms with Crippen LogP contribution < -0.4 is 4.74 Å². The summed E-state index contributed by atoms with van der Waals surface area (Å²) in [6.45, 7) is 4.70. The number of hydrogen-bond donors (Lipinski definition) is 0. The molecule has 24 heavy (non-hydrogen) atoms. The Morgan fingerprint density at radius 3 is 2.54 bits per heavy atom. The van der Waals surface area contributed by atoms with E-state index in [1.165, 1.54) is 28.2 Å². The molecule has 3 rings (SSSR count). The predicted octanol–water partition coefficient (Wildman–Crippen LogP) is 6.30. The monoisotopic (exact) mass is 357 g/mol. The highest BCUT2D eigenvalue weighted by molar-refractivity contribution is 7.10. The number of nitrogens with zero attached hydrogens (tertiary/aromatic N) is 1. The van der Waals surface area contributed by atoms with E-state index in [1.54, 1.807) is 0 Å². The number of halogens is 1. The Kier molecular flexibility index (Phi) is 5.54. The summed E-state index contributed by atoms with van der Waals surface area (Å²) in [5.41, 5.74) is 4.66. The van der Waals surface area contributed by atoms with Crippen LogP contribution in [0.25, 0.3) is 10.4 Å². The molecule has 0 atom stereocenters. The maximum Gasteiger partial charge on any atom is 0.150 e. The summed E-state index contributed by atoms with van der Waals surface area (Å²) in [5.74, 6) is 0.854. The summed E-state index contributed by atoms with van der Waals surface area (Å²) >= 11 is 7.72. The van der Waals surface area contributed by atoms with Gasteiger partial charge in [0.15, 0.2) is 0 Å². The first kappa shape index (κ1) is 17.0. The summed E-state index contributed by atoms with van der Waals surface area (Å²) in [5, 5.41) is 0.529. The highest BCUT2D eigenvalue weighted by atomic mass is 35.5. The molecule has 4 heteroatoms. The Morgan fingerprint density at radius 1 is 1.08 bits per heavy atom. The molecule has 124 valence electrons. The van der Waals surface area contributed by atoms with Crippen molar-refractivity contribution in [3.8, 4) is 16.2 Å². The lowest BCUT2D eigenvalue weighted by atomic mass is 10.1. The van der Waals surface area contributed by atoms with E-state index in [0.29, 0.717) is 11.8 Å². The number of aryl methyl sites for hydroxylation is 2. The lowest BCUT2D eigenvalue weighted by Crippen LogP contribution is -1.97. The van der Waals surface area contributed by atoms with E-state index in [4.69, 9.17) is 16.3 Å². The standard InChI is InChI=1S/C20H20ClNOS/c1-3-6-15-9-11-16(12-10-15)23-13-18-19(24-22-20(18)21)17-8-5-4-7-14(17)2/h4-5,7-12H,3,6,13H2,1-2H3. The fraction of sp³-hybridized carbons (Fsp3) is 0.250. The van der Waals surface area contributed by atoms with Crippen molar-refractivity contribution in [1.82, 2.24) is 4.37 Å². The summed E-state index contributed by atoms with van der Waals surface area (Å²) in [4.78, 5) is 1.08. The molecule has 0 spiro atoms. The molecule has 0 amide bonds. The average Bonchev–Trinajstić information content (AvgIpc) is 2.96. The smallest absolute Gasteiger partial charge is 0.150 e. The molecule has 0 aliphatic heterocycles. The molecule has 2 nitrogen and oxygen atoms in total. The lowest BCUT2D eigenvalue weighted by molar-refractivity contribution is 0.307. The number of benzene rings is 2. The van der Waals surface area contributed by atoms with Crippen LogP contribution in [0.5, 0.6) is 5.75 Å². The first-order chi connectivity index (χ1) is 11.7. The van der Waals surface area contributed by atoms with Gasteiger partial charge in [-0.15, -0.1) is 0 Å². The van der Waals surface area contributed by atoms with Gasteiger partial charge in [0, 0.05) is 5.56 Å². The van der Waals surface area contributed by atoms with Crippen LogP contribution in [0.1, 0.15) is 30.0 Å². The molecular formula is C20H20ClNOS. The van der Waals surface area contributed by atoms with Gasteiger partial charge in [0.25, 0.3) is 0 Å². The third kappa shape index (κ3) is 3.80. The van der Waals surface area contributed by atoms with Crippen LogP contribution in [0.3, 0.4) is 0 Å². The molecular weight excluding hydrogens is 338 g/mol. The van der Waals surface area contributed by atoms with Crippen molar-refractivity contribution in [2.75, 3.05) is 0 Å². The molecule has 0 saturated carbocycles. The molecule has 1 aromatic heterocycles. The normalized spacial score (nSPS) is 10.8. The maximum atomic E-state index is 6.30. The van der Waals surface area contributed by atoms with Gasteiger partial charge >= 0.3 is 0 Å². The molecule has 0 N–H and O–H groups in total. The molecule has 0 radical (unpaired) electrons. The molecule has 0 aliphatic carbocycles. The van der Waals surface area contributed by atoms with E-state index < -0.39 is 0 Å². The van der Waals surface area contributed by atoms with Crippen molar-refractivity contribution in [1.29, 1.82) is 0 Å². The van der Waals surface area contributed by atoms with E-state index in [9.17, 15) is 0 Å². The molecule has 0 unspecified atom stereocenters. The van der Waals surface area contributed by atoms with Gasteiger partial charge in [0.2, 0.25) is 0 Å². The van der Waals surface area contributed by atoms with Crippen LogP contribution >= 0.6 is 23.1 Å². The highest BCUT2D eigenvalue weighted by Gasteiger charge is 2.16. The Morgan fingerprint density at radius 2 is 1.83 bits per heavy atom. The topological polar surface area (TPSA) is 22.1 Å². The van der Waals surface area contributed by atoms with Gasteiger partial charge in [-0.25, -0.2) is 0 Å². The van der Waals surface area contributed by atoms with Crippen LogP contribution in [0.4, 0.5) is 0 Å². The van der Waals surface area contributed by atoms with Gasteiger partial charge in [-0.3, -0.25) is 0 Å². The summed E-state index contributed by atoms with van der Waals surface area (Å²) < 4.78 is 10.3. The number of hydrogen-bond acceptors (Lipinski definition) is 3. The quantitative estimate of drug-likeness (QED) is 0.516. The minimum atomic E-state index is 0.423. The third-order valence-electron chi connectivity index (χ3n) is 3.98. The van der Waals surface area contributed by atoms with Crippen LogP contribution in [-0.2, 0) is 13.0 Å². The zero-order valence-electron chi connectivity index (χ0n) is 13.9. The van der Waals surface area contributed by atoms with E-state index in [2.05, 4.69) is 42.5 Å². The average molecular weight is 358 g/mol. The van der Waals surface area contributed by atoms with Gasteiger partial charge in [-0.1, -0.05) is 61.3 Å². The van der Waals surface area contributed by atoms with Gasteiger partial charge in [0.1, 0.15) is 17.5 Å². The van der Waals surface area contributed by atoms with Crippen molar-refractivity contribution in [3.63, 3.8) is 0 Å². The first-order valence-electron chi connectivity index (χ1n) is 8.11. The SMILES string of the molecule is CCCc1ccc(OCc2c(Cl)nsc2-c2ccccc2C)cc1. The fourth-order valence-corrected chi connectivity index (χ4v) is 3.83. The molecule has 0 fully saturated rings. The maximum absolute atomic E-state index is 6.30. The zero-order chi connectivity index (χ0) is 16.9. The Labute approximate surface area is 152 Å². The molecule has 0 bridgehead atoms. The van der Waals surface area contributed by atoms with Crippen LogP contribution in [-0.4, -0.2) is 4.37 Å². The Balaban J connectivity index is 1.78. The Bertz CT molecular complexity index is 811. The van der Waals surface area contributed by atoms with Crippen molar-refractivity contribution in [3.05, 3.63) is 70.4 Å². The summed E-state index contributed by atoms with van der Waals surface area (Å²) in [7, 11) is 0. The van der Waals surface area contributed by atoms with E-state index >= 15 is 0 Å². The second-order valence-corrected chi connectivity index (χ2v) is 6.91. The second-order valence-electron chi connectivity index (χ2n) is 5.78. The number of aromatic nitrogens is 1. The fourth-order valence-electron chi connectivity index (χ4n) is 2.65. The minimum Gasteiger partial charge on any atom is -0.489 e. The largest absolute Gasteiger partial charge is 0.489 e. The summed E-state index contributed by atoms with van der Waals surface area (Å²) in [6, 6.07) is 16.5. The number of rotatable bonds is 6. The molecule has 3 aromatic rings. The third-order valence-corrected chi connectivity index (χ3v) is 5.31. The van der Waals surface area contributed by atoms with Crippen molar-refractivity contribution >= 4 is 23.1 Å². The van der Waals surface area contributed by atoms with Crippen LogP contribution in [0.15, 0.2) is 48.5 Å². The van der Waals surface area contributed by atoms with Crippen molar-refractivity contribution in [2.45, 2.75) is 33.3 Å². The van der Waals surface area contributed by atoms with Crippen LogP contribution in [0, 0.1) is 6.92 Å². The van der Waals surface area contributed by atoms with E-state index in [1.807, 2.05) is 24.3 Å². The molecule has 0 saturated heterocycles. The minimum absolute atomic E-state index is 0.423. The number of ether oxygens (including phenoxy) is 1. The van der Waals surface area contributed by atoms with Gasteiger partial charge in [0.05, 0.1) is 4.88 Å². The lowest BCUT2D eigenvalue weighted by Gasteiger charge is -2.09. The van der Waals surface area contributed by atoms with Crippen LogP contribution in [0.2, 0.25) is 5.15 Å². The van der Waals surface area contributed by atoms with E-state index in [0.717, 1.165) is 29.0 Å². The molecule has 2 aromatic carbocycles. The highest BCUT2D eigenvalue weighted by Crippen LogP contribution is 2.35. The van der Waals surface area contributed by atoms with Gasteiger partial charge in [-0.05, 0) is 53.7 Å². The predicted molar refractivity (Wildman–Crippen MR) is 102 cm³/mol. The van der Waals surface area contributed by atoms with Gasteiger partial charge in [-0.2, -0.15) is 4.37 Å². The molecule has 1 heterocycles. The Hall–Kier alpha value is -1.84. The molecule has 0 aliphatic rings. The zero-order valence-corrected chi connectivity index (χ0v) is 15.5. The van der Waals surface area contributed by atoms with Gasteiger partial charge < -0.3 is 4.74 Å².